The Bertz CT molecular complexity index is 182. The molecule has 0 aliphatic carbocycles. The molecule has 0 N–H and O–H groups in total. The Morgan fingerprint density at radius 2 is 1.32 bits per heavy atom. The Hall–Kier alpha value is 0.499. The third-order valence-corrected chi connectivity index (χ3v) is 17.1. The second kappa shape index (κ2) is 13.5. The predicted molar refractivity (Wildman–Crippen MR) is 90.3 cm³/mol. The van der Waals surface area contributed by atoms with E-state index in [0.717, 1.165) is 13.0 Å². The van der Waals surface area contributed by atoms with Gasteiger partial charge in [-0.15, -0.1) is 0 Å². The molecule has 0 aromatic rings. The summed E-state index contributed by atoms with van der Waals surface area (Å²) in [5, 5.41) is 0. The molecule has 0 radical (unpaired) electrons. The molecule has 0 spiro atoms. The van der Waals surface area contributed by atoms with Gasteiger partial charge in [-0.1, -0.05) is 0 Å². The van der Waals surface area contributed by atoms with Crippen molar-refractivity contribution in [3.05, 3.63) is 12.7 Å². The van der Waals surface area contributed by atoms with Crippen LogP contribution < -0.4 is 0 Å². The maximum absolute atomic E-state index is 6.60. The van der Waals surface area contributed by atoms with Crippen LogP contribution >= 0.6 is 0 Å². The molecule has 0 saturated heterocycles. The van der Waals surface area contributed by atoms with Gasteiger partial charge >= 0.3 is 127 Å². The van der Waals surface area contributed by atoms with E-state index in [1.165, 1.54) is 58.3 Å². The third-order valence-electron chi connectivity index (χ3n) is 3.92. The van der Waals surface area contributed by atoms with Crippen molar-refractivity contribution in [3.63, 3.8) is 0 Å². The van der Waals surface area contributed by atoms with Crippen LogP contribution in [0.2, 0.25) is 13.3 Å². The van der Waals surface area contributed by atoms with Gasteiger partial charge in [0.25, 0.3) is 0 Å². The minimum absolute atomic E-state index is 0.999. The first kappa shape index (κ1) is 19.5. The summed E-state index contributed by atoms with van der Waals surface area (Å²) in [6, 6.07) is 0. The topological polar surface area (TPSA) is 9.23 Å². The number of unbranched alkanes of at least 4 members (excludes halogenated alkanes) is 4. The van der Waals surface area contributed by atoms with Crippen LogP contribution in [0.4, 0.5) is 0 Å². The van der Waals surface area contributed by atoms with Gasteiger partial charge in [0.15, 0.2) is 0 Å². The first-order valence-electron chi connectivity index (χ1n) is 8.49. The van der Waals surface area contributed by atoms with E-state index in [-0.39, 0.29) is 0 Å². The van der Waals surface area contributed by atoms with Crippen LogP contribution in [-0.2, 0) is 3.07 Å². The molecule has 0 aliphatic heterocycles. The van der Waals surface area contributed by atoms with E-state index >= 15 is 0 Å². The van der Waals surface area contributed by atoms with Crippen molar-refractivity contribution in [1.29, 1.82) is 0 Å². The molecule has 0 aromatic heterocycles. The normalized spacial score (nSPS) is 11.7. The van der Waals surface area contributed by atoms with Gasteiger partial charge in [-0.25, -0.2) is 0 Å². The molecule has 1 nitrogen and oxygen atoms in total. The summed E-state index contributed by atoms with van der Waals surface area (Å²) in [6.07, 6.45) is 12.5. The summed E-state index contributed by atoms with van der Waals surface area (Å²) >= 11 is -2.27. The van der Waals surface area contributed by atoms with Crippen molar-refractivity contribution in [1.82, 2.24) is 0 Å². The molecule has 0 atom stereocenters. The number of allylic oxidation sites excluding steroid dienone is 1. The predicted octanol–water partition coefficient (Wildman–Crippen LogP) is 6.32. The Labute approximate surface area is 126 Å². The van der Waals surface area contributed by atoms with Crippen molar-refractivity contribution in [2.75, 3.05) is 6.61 Å². The number of rotatable bonds is 14. The monoisotopic (exact) mass is 376 g/mol. The molecule has 0 bridgehead atoms. The molecule has 0 unspecified atom stereocenters. The molecular weight excluding hydrogens is 339 g/mol. The van der Waals surface area contributed by atoms with Gasteiger partial charge in [0, 0.05) is 0 Å². The Morgan fingerprint density at radius 3 is 1.68 bits per heavy atom. The van der Waals surface area contributed by atoms with Crippen molar-refractivity contribution in [3.8, 4) is 0 Å². The van der Waals surface area contributed by atoms with Crippen LogP contribution in [0.5, 0.6) is 0 Å². The van der Waals surface area contributed by atoms with Gasteiger partial charge < -0.3 is 0 Å². The molecule has 0 heterocycles. The van der Waals surface area contributed by atoms with E-state index in [4.69, 9.17) is 3.07 Å². The average Bonchev–Trinajstić information content (AvgIpc) is 2.44. The van der Waals surface area contributed by atoms with E-state index in [1.807, 2.05) is 6.08 Å². The molecule has 0 saturated carbocycles. The zero-order valence-electron chi connectivity index (χ0n) is 13.7. The molecule has 0 aliphatic rings. The van der Waals surface area contributed by atoms with Crippen LogP contribution in [0.25, 0.3) is 0 Å². The van der Waals surface area contributed by atoms with E-state index in [1.54, 1.807) is 0 Å². The number of hydrogen-bond donors (Lipinski definition) is 0. The molecule has 0 rings (SSSR count). The quantitative estimate of drug-likeness (QED) is 0.196. The average molecular weight is 375 g/mol. The fourth-order valence-corrected chi connectivity index (χ4v) is 16.2. The fraction of sp³-hybridized carbons (Fsp3) is 0.882. The van der Waals surface area contributed by atoms with Crippen molar-refractivity contribution in [2.24, 2.45) is 0 Å². The van der Waals surface area contributed by atoms with Crippen molar-refractivity contribution < 1.29 is 3.07 Å². The summed E-state index contributed by atoms with van der Waals surface area (Å²) in [4.78, 5) is 0. The van der Waals surface area contributed by atoms with E-state index in [9.17, 15) is 0 Å². The van der Waals surface area contributed by atoms with E-state index in [2.05, 4.69) is 27.4 Å². The maximum atomic E-state index is 6.60. The summed E-state index contributed by atoms with van der Waals surface area (Å²) in [6.45, 7) is 11.7. The van der Waals surface area contributed by atoms with Crippen LogP contribution in [0, 0.1) is 0 Å². The second-order valence-corrected chi connectivity index (χ2v) is 17.6. The Kier molecular flexibility index (Phi) is 13.8. The van der Waals surface area contributed by atoms with Crippen molar-refractivity contribution >= 4 is 18.8 Å². The van der Waals surface area contributed by atoms with E-state index < -0.39 is 18.8 Å². The molecule has 0 aromatic carbocycles. The van der Waals surface area contributed by atoms with Gasteiger partial charge in [0.1, 0.15) is 0 Å². The van der Waals surface area contributed by atoms with Crippen LogP contribution in [0.15, 0.2) is 12.7 Å². The first-order chi connectivity index (χ1) is 9.24. The molecule has 2 heteroatoms. The van der Waals surface area contributed by atoms with Gasteiger partial charge in [-0.2, -0.15) is 0 Å². The summed E-state index contributed by atoms with van der Waals surface area (Å²) in [5.74, 6) is 0. The third kappa shape index (κ3) is 9.95. The molecule has 114 valence electrons. The number of hydrogen-bond acceptors (Lipinski definition) is 1. The summed E-state index contributed by atoms with van der Waals surface area (Å²) in [5.41, 5.74) is 0. The van der Waals surface area contributed by atoms with Gasteiger partial charge in [-0.05, 0) is 0 Å². The molecule has 0 fully saturated rings. The second-order valence-electron chi connectivity index (χ2n) is 5.77. The molecule has 19 heavy (non-hydrogen) atoms. The first-order valence-corrected chi connectivity index (χ1v) is 15.7. The van der Waals surface area contributed by atoms with E-state index in [0.29, 0.717) is 0 Å². The summed E-state index contributed by atoms with van der Waals surface area (Å²) < 4.78 is 11.0. The Balaban J connectivity index is 4.42. The van der Waals surface area contributed by atoms with Crippen LogP contribution in [0.1, 0.15) is 72.1 Å². The molecular formula is C17H36OSn. The zero-order chi connectivity index (χ0) is 14.4. The SMILES string of the molecule is C=CCCC[O][Sn]([CH2]CCC)([CH2]CCC)[CH2]CCC. The Morgan fingerprint density at radius 1 is 0.842 bits per heavy atom. The summed E-state index contributed by atoms with van der Waals surface area (Å²) in [7, 11) is 0. The van der Waals surface area contributed by atoms with Crippen LogP contribution in [-0.4, -0.2) is 25.4 Å². The van der Waals surface area contributed by atoms with Crippen LogP contribution in [0.3, 0.4) is 0 Å². The van der Waals surface area contributed by atoms with Gasteiger partial charge in [-0.3, -0.25) is 0 Å². The van der Waals surface area contributed by atoms with Gasteiger partial charge in [0.2, 0.25) is 0 Å². The molecule has 0 amide bonds. The van der Waals surface area contributed by atoms with Gasteiger partial charge in [0.05, 0.1) is 0 Å². The fourth-order valence-electron chi connectivity index (χ4n) is 2.60. The minimum atomic E-state index is -2.27. The van der Waals surface area contributed by atoms with Crippen molar-refractivity contribution in [2.45, 2.75) is 85.4 Å². The standard InChI is InChI=1S/C5H9O.3C4H9.Sn/c1-2-3-4-5-6;3*1-3-4-2;/h2H,1,3-5H2;3*1,3-4H2,2H3;/q-1;;;;+1. The zero-order valence-corrected chi connectivity index (χ0v) is 16.5.